The van der Waals surface area contributed by atoms with Gasteiger partial charge < -0.3 is 9.30 Å². The zero-order valence-electron chi connectivity index (χ0n) is 19.2. The van der Waals surface area contributed by atoms with Crippen LogP contribution in [-0.2, 0) is 0 Å². The number of halogens is 1. The van der Waals surface area contributed by atoms with Crippen LogP contribution in [0.1, 0.15) is 18.0 Å². The molecular formula is C26H16FN9O. The van der Waals surface area contributed by atoms with Gasteiger partial charge in [0.2, 0.25) is 5.95 Å². The van der Waals surface area contributed by atoms with Crippen LogP contribution in [0.15, 0.2) is 67.6 Å². The fourth-order valence-corrected chi connectivity index (χ4v) is 4.77. The smallest absolute Gasteiger partial charge is 0.237 e. The molecule has 4 aromatic heterocycles. The van der Waals surface area contributed by atoms with Crippen LogP contribution in [0.3, 0.4) is 0 Å². The molecule has 0 radical (unpaired) electrons. The van der Waals surface area contributed by atoms with Gasteiger partial charge in [-0.3, -0.25) is 4.57 Å². The molecule has 37 heavy (non-hydrogen) atoms. The van der Waals surface area contributed by atoms with Crippen molar-refractivity contribution in [2.24, 2.45) is 0 Å². The van der Waals surface area contributed by atoms with E-state index in [0.717, 1.165) is 5.52 Å². The lowest BCUT2D eigenvalue weighted by molar-refractivity contribution is 0.246. The molecule has 0 saturated heterocycles. The number of fused-ring (bicyclic) bond motifs is 3. The summed E-state index contributed by atoms with van der Waals surface area (Å²) in [5, 5.41) is 0. The van der Waals surface area contributed by atoms with E-state index in [9.17, 15) is 4.39 Å². The highest BCUT2D eigenvalue weighted by molar-refractivity contribution is 5.82. The molecule has 1 atom stereocenters. The first-order valence-corrected chi connectivity index (χ1v) is 11.5. The summed E-state index contributed by atoms with van der Waals surface area (Å²) >= 11 is 0. The van der Waals surface area contributed by atoms with E-state index in [2.05, 4.69) is 24.8 Å². The molecular weight excluding hydrogens is 473 g/mol. The second-order valence-corrected chi connectivity index (χ2v) is 8.52. The Hall–Kier alpha value is -5.24. The second-order valence-electron chi connectivity index (χ2n) is 8.52. The molecule has 0 amide bonds. The number of nitrogens with zero attached hydrogens (tertiary/aromatic N) is 9. The Balaban J connectivity index is 1.49. The molecule has 0 saturated carbocycles. The Morgan fingerprint density at radius 1 is 1.03 bits per heavy atom. The van der Waals surface area contributed by atoms with Gasteiger partial charge >= 0.3 is 0 Å². The van der Waals surface area contributed by atoms with E-state index in [4.69, 9.17) is 21.3 Å². The average Bonchev–Trinajstić information content (AvgIpc) is 3.54. The van der Waals surface area contributed by atoms with Gasteiger partial charge in [-0.25, -0.2) is 34.2 Å². The number of imidazole rings is 2. The van der Waals surface area contributed by atoms with Crippen molar-refractivity contribution in [2.75, 3.05) is 6.61 Å². The predicted molar refractivity (Wildman–Crippen MR) is 132 cm³/mol. The van der Waals surface area contributed by atoms with Gasteiger partial charge in [0.25, 0.3) is 0 Å². The second kappa shape index (κ2) is 8.17. The maximum Gasteiger partial charge on any atom is 0.237 e. The Kier molecular flexibility index (Phi) is 4.65. The monoisotopic (exact) mass is 489 g/mol. The molecule has 2 aromatic carbocycles. The first-order chi connectivity index (χ1) is 18.2. The van der Waals surface area contributed by atoms with E-state index >= 15 is 0 Å². The minimum atomic E-state index is -0.410. The standard InChI is InChI=1S/C26H16FN9O/c1-28-16-5-6-19-22(9-16)35(14-32-19)26-31-12-20-25(34-26)36(24(33-20)15-10-29-13-30-11-15)21-7-8-37-23-17(21)3-2-4-18(23)27/h2-6,9-14,21H,7-8H2. The van der Waals surface area contributed by atoms with Crippen molar-refractivity contribution < 1.29 is 9.13 Å². The Bertz CT molecular complexity index is 1860. The van der Waals surface area contributed by atoms with Crippen molar-refractivity contribution in [1.82, 2.24) is 39.0 Å². The Morgan fingerprint density at radius 2 is 1.92 bits per heavy atom. The highest BCUT2D eigenvalue weighted by atomic mass is 19.1. The fraction of sp³-hybridized carbons (Fsp3) is 0.115. The van der Waals surface area contributed by atoms with Gasteiger partial charge in [0.1, 0.15) is 24.0 Å². The summed E-state index contributed by atoms with van der Waals surface area (Å²) in [6.07, 6.45) is 8.68. The zero-order valence-corrected chi connectivity index (χ0v) is 19.2. The summed E-state index contributed by atoms with van der Waals surface area (Å²) in [6, 6.07) is 9.90. The molecule has 0 aliphatic carbocycles. The number of ether oxygens (including phenoxy) is 1. The summed E-state index contributed by atoms with van der Waals surface area (Å²) in [7, 11) is 0. The summed E-state index contributed by atoms with van der Waals surface area (Å²) in [5.41, 5.74) is 4.47. The molecule has 0 bridgehead atoms. The Morgan fingerprint density at radius 3 is 2.78 bits per heavy atom. The van der Waals surface area contributed by atoms with E-state index < -0.39 is 5.82 Å². The van der Waals surface area contributed by atoms with E-state index in [1.807, 2.05) is 10.6 Å². The van der Waals surface area contributed by atoms with E-state index in [1.54, 1.807) is 53.8 Å². The number of benzene rings is 2. The Labute approximate surface area is 208 Å². The van der Waals surface area contributed by atoms with Crippen LogP contribution in [0.4, 0.5) is 10.1 Å². The van der Waals surface area contributed by atoms with Crippen LogP contribution in [0, 0.1) is 12.4 Å². The molecule has 178 valence electrons. The highest BCUT2D eigenvalue weighted by Gasteiger charge is 2.30. The van der Waals surface area contributed by atoms with Crippen molar-refractivity contribution in [3.8, 4) is 23.1 Å². The molecule has 1 aliphatic heterocycles. The predicted octanol–water partition coefficient (Wildman–Crippen LogP) is 4.68. The SMILES string of the molecule is [C-]#[N+]c1ccc2ncn(-c3ncc4nc(-c5cncnc5)n(C5CCOc6c(F)cccc65)c4n3)c2c1. The van der Waals surface area contributed by atoms with Gasteiger partial charge in [-0.05, 0) is 18.2 Å². The lowest BCUT2D eigenvalue weighted by Gasteiger charge is -2.28. The third-order valence-corrected chi connectivity index (χ3v) is 6.42. The van der Waals surface area contributed by atoms with Crippen LogP contribution in [0.5, 0.6) is 5.75 Å². The molecule has 1 unspecified atom stereocenters. The number of hydrogen-bond acceptors (Lipinski definition) is 7. The number of aromatic nitrogens is 8. The number of para-hydroxylation sites is 1. The average molecular weight is 489 g/mol. The molecule has 6 aromatic rings. The lowest BCUT2D eigenvalue weighted by Crippen LogP contribution is -2.22. The molecule has 11 heteroatoms. The van der Waals surface area contributed by atoms with Gasteiger partial charge in [0.05, 0.1) is 42.0 Å². The number of rotatable bonds is 3. The van der Waals surface area contributed by atoms with E-state index in [0.29, 0.717) is 58.3 Å². The lowest BCUT2D eigenvalue weighted by atomic mass is 9.99. The van der Waals surface area contributed by atoms with Crippen molar-refractivity contribution in [1.29, 1.82) is 0 Å². The molecule has 10 nitrogen and oxygen atoms in total. The van der Waals surface area contributed by atoms with Gasteiger partial charge in [0, 0.05) is 24.4 Å². The topological polar surface area (TPSA) is 101 Å². The molecule has 0 spiro atoms. The third-order valence-electron chi connectivity index (χ3n) is 6.42. The molecule has 0 N–H and O–H groups in total. The number of hydrogen-bond donors (Lipinski definition) is 0. The molecule has 7 rings (SSSR count). The van der Waals surface area contributed by atoms with Gasteiger partial charge in [-0.1, -0.05) is 18.2 Å². The van der Waals surface area contributed by atoms with Crippen molar-refractivity contribution in [2.45, 2.75) is 12.5 Å². The van der Waals surface area contributed by atoms with Gasteiger partial charge in [0.15, 0.2) is 22.9 Å². The van der Waals surface area contributed by atoms with Crippen LogP contribution in [-0.4, -0.2) is 45.6 Å². The first kappa shape index (κ1) is 21.1. The molecule has 5 heterocycles. The van der Waals surface area contributed by atoms with Crippen molar-refractivity contribution >= 4 is 27.9 Å². The quantitative estimate of drug-likeness (QED) is 0.333. The zero-order chi connectivity index (χ0) is 24.9. The normalized spacial score (nSPS) is 14.9. The van der Waals surface area contributed by atoms with Crippen LogP contribution >= 0.6 is 0 Å². The first-order valence-electron chi connectivity index (χ1n) is 11.5. The third kappa shape index (κ3) is 3.30. The van der Waals surface area contributed by atoms with E-state index in [1.165, 1.54) is 12.4 Å². The van der Waals surface area contributed by atoms with Crippen molar-refractivity contribution in [3.05, 3.63) is 90.4 Å². The summed E-state index contributed by atoms with van der Waals surface area (Å²) in [5.74, 6) is 0.792. The van der Waals surface area contributed by atoms with Gasteiger partial charge in [-0.15, -0.1) is 0 Å². The van der Waals surface area contributed by atoms with Crippen LogP contribution in [0.2, 0.25) is 0 Å². The highest BCUT2D eigenvalue weighted by Crippen LogP contribution is 2.40. The van der Waals surface area contributed by atoms with E-state index in [-0.39, 0.29) is 11.8 Å². The maximum atomic E-state index is 14.7. The van der Waals surface area contributed by atoms with Gasteiger partial charge in [-0.2, -0.15) is 4.98 Å². The fourth-order valence-electron chi connectivity index (χ4n) is 4.77. The maximum absolute atomic E-state index is 14.7. The minimum absolute atomic E-state index is 0.234. The molecule has 0 fully saturated rings. The summed E-state index contributed by atoms with van der Waals surface area (Å²) in [4.78, 5) is 30.6. The van der Waals surface area contributed by atoms with Crippen molar-refractivity contribution in [3.63, 3.8) is 0 Å². The molecule has 1 aliphatic rings. The minimum Gasteiger partial charge on any atom is -0.490 e. The largest absolute Gasteiger partial charge is 0.490 e. The van der Waals surface area contributed by atoms with Crippen LogP contribution < -0.4 is 4.74 Å². The summed E-state index contributed by atoms with van der Waals surface area (Å²) in [6.45, 7) is 7.70. The van der Waals surface area contributed by atoms with Crippen LogP contribution in [0.25, 0.3) is 44.4 Å². The summed E-state index contributed by atoms with van der Waals surface area (Å²) < 4.78 is 24.1.